The van der Waals surface area contributed by atoms with Gasteiger partial charge in [0, 0.05) is 36.0 Å². The molecule has 2 aromatic rings. The summed E-state index contributed by atoms with van der Waals surface area (Å²) in [4.78, 5) is 4.70. The van der Waals surface area contributed by atoms with Crippen molar-refractivity contribution in [3.63, 3.8) is 0 Å². The number of piperazine rings is 1. The van der Waals surface area contributed by atoms with Gasteiger partial charge in [-0.3, -0.25) is 5.10 Å². The van der Waals surface area contributed by atoms with Gasteiger partial charge in [0.05, 0.1) is 5.52 Å². The molecule has 2 heterocycles. The smallest absolute Gasteiger partial charge is 0.158 e. The summed E-state index contributed by atoms with van der Waals surface area (Å²) >= 11 is 3.52. The Morgan fingerprint density at radius 1 is 1.22 bits per heavy atom. The van der Waals surface area contributed by atoms with Gasteiger partial charge in [0.25, 0.3) is 0 Å². The lowest BCUT2D eigenvalue weighted by molar-refractivity contribution is 0.312. The van der Waals surface area contributed by atoms with Crippen molar-refractivity contribution in [3.8, 4) is 0 Å². The highest BCUT2D eigenvalue weighted by Crippen LogP contribution is 2.27. The highest BCUT2D eigenvalue weighted by Gasteiger charge is 2.18. The van der Waals surface area contributed by atoms with Crippen LogP contribution in [0.25, 0.3) is 10.9 Å². The first-order valence-electron chi connectivity index (χ1n) is 5.81. The molecule has 18 heavy (non-hydrogen) atoms. The lowest BCUT2D eigenvalue weighted by Gasteiger charge is -2.32. The van der Waals surface area contributed by atoms with Gasteiger partial charge >= 0.3 is 0 Å². The van der Waals surface area contributed by atoms with Gasteiger partial charge in [-0.25, -0.2) is 0 Å². The molecule has 0 amide bonds. The van der Waals surface area contributed by atoms with Crippen molar-refractivity contribution >= 4 is 45.1 Å². The highest BCUT2D eigenvalue weighted by atomic mass is 79.9. The summed E-state index contributed by atoms with van der Waals surface area (Å²) in [5.74, 6) is 1.08. The molecule has 98 valence electrons. The Morgan fingerprint density at radius 2 is 1.94 bits per heavy atom. The van der Waals surface area contributed by atoms with Gasteiger partial charge in [-0.05, 0) is 25.2 Å². The van der Waals surface area contributed by atoms with Gasteiger partial charge in [-0.15, -0.1) is 12.4 Å². The third-order valence-electron chi connectivity index (χ3n) is 3.31. The monoisotopic (exact) mass is 330 g/mol. The van der Waals surface area contributed by atoms with Crippen molar-refractivity contribution in [2.75, 3.05) is 38.1 Å². The van der Waals surface area contributed by atoms with Crippen LogP contribution < -0.4 is 4.90 Å². The predicted molar refractivity (Wildman–Crippen MR) is 80.8 cm³/mol. The number of anilines is 1. The van der Waals surface area contributed by atoms with Gasteiger partial charge in [0.1, 0.15) is 0 Å². The summed E-state index contributed by atoms with van der Waals surface area (Å²) < 4.78 is 1.10. The van der Waals surface area contributed by atoms with E-state index in [1.165, 1.54) is 5.39 Å². The number of halogens is 2. The number of H-pyrrole nitrogens is 1. The van der Waals surface area contributed by atoms with Crippen LogP contribution in [0.2, 0.25) is 0 Å². The van der Waals surface area contributed by atoms with Gasteiger partial charge < -0.3 is 9.80 Å². The molecular weight excluding hydrogens is 316 g/mol. The van der Waals surface area contributed by atoms with Crippen LogP contribution in [0, 0.1) is 0 Å². The topological polar surface area (TPSA) is 35.2 Å². The van der Waals surface area contributed by atoms with E-state index in [0.29, 0.717) is 0 Å². The van der Waals surface area contributed by atoms with Crippen LogP contribution in [0.5, 0.6) is 0 Å². The van der Waals surface area contributed by atoms with E-state index in [9.17, 15) is 0 Å². The molecule has 3 rings (SSSR count). The molecule has 4 nitrogen and oxygen atoms in total. The molecule has 0 atom stereocenters. The number of nitrogens with one attached hydrogen (secondary N) is 1. The average Bonchev–Trinajstić information content (AvgIpc) is 2.73. The van der Waals surface area contributed by atoms with Crippen molar-refractivity contribution in [2.24, 2.45) is 0 Å². The molecule has 1 aliphatic rings. The molecule has 0 saturated carbocycles. The second-order valence-corrected chi connectivity index (χ2v) is 5.44. The Bertz CT molecular complexity index is 534. The second kappa shape index (κ2) is 5.47. The molecule has 0 aliphatic carbocycles. The zero-order valence-electron chi connectivity index (χ0n) is 10.2. The molecule has 0 spiro atoms. The Hall–Kier alpha value is -0.780. The minimum absolute atomic E-state index is 0. The molecule has 1 aromatic carbocycles. The molecule has 0 radical (unpaired) electrons. The van der Waals surface area contributed by atoms with Gasteiger partial charge in [0.2, 0.25) is 0 Å². The summed E-state index contributed by atoms with van der Waals surface area (Å²) in [6, 6.07) is 6.23. The summed E-state index contributed by atoms with van der Waals surface area (Å²) in [7, 11) is 2.16. The fourth-order valence-corrected chi connectivity index (χ4v) is 2.59. The van der Waals surface area contributed by atoms with Crippen molar-refractivity contribution in [3.05, 3.63) is 22.7 Å². The lowest BCUT2D eigenvalue weighted by atomic mass is 10.2. The number of hydrogen-bond acceptors (Lipinski definition) is 3. The molecule has 0 bridgehead atoms. The van der Waals surface area contributed by atoms with Crippen molar-refractivity contribution in [1.29, 1.82) is 0 Å². The standard InChI is InChI=1S/C12H15BrN4.ClH/c1-16-4-6-17(7-5-16)12-10-8-9(13)2-3-11(10)14-15-12;/h2-3,8H,4-7H2,1H3,(H,14,15);1H. The summed E-state index contributed by atoms with van der Waals surface area (Å²) in [5.41, 5.74) is 1.10. The van der Waals surface area contributed by atoms with Crippen LogP contribution in [-0.4, -0.2) is 48.3 Å². The van der Waals surface area contributed by atoms with Crippen LogP contribution in [-0.2, 0) is 0 Å². The van der Waals surface area contributed by atoms with Gasteiger partial charge in [0.15, 0.2) is 5.82 Å². The molecule has 6 heteroatoms. The lowest BCUT2D eigenvalue weighted by Crippen LogP contribution is -2.44. The number of benzene rings is 1. The Balaban J connectivity index is 0.00000120. The van der Waals surface area contributed by atoms with E-state index >= 15 is 0 Å². The van der Waals surface area contributed by atoms with E-state index in [-0.39, 0.29) is 12.4 Å². The summed E-state index contributed by atoms with van der Waals surface area (Å²) in [5, 5.41) is 8.74. The maximum Gasteiger partial charge on any atom is 0.158 e. The number of fused-ring (bicyclic) bond motifs is 1. The summed E-state index contributed by atoms with van der Waals surface area (Å²) in [6.07, 6.45) is 0. The third kappa shape index (κ3) is 2.48. The van der Waals surface area contributed by atoms with Gasteiger partial charge in [-0.1, -0.05) is 15.9 Å². The zero-order chi connectivity index (χ0) is 11.8. The molecular formula is C12H16BrClN4. The van der Waals surface area contributed by atoms with Crippen LogP contribution >= 0.6 is 28.3 Å². The van der Waals surface area contributed by atoms with Gasteiger partial charge in [-0.2, -0.15) is 5.10 Å². The molecule has 1 saturated heterocycles. The van der Waals surface area contributed by atoms with E-state index in [1.54, 1.807) is 0 Å². The zero-order valence-corrected chi connectivity index (χ0v) is 12.6. The minimum Gasteiger partial charge on any atom is -0.352 e. The number of likely N-dealkylation sites (N-methyl/N-ethyl adjacent to an activating group) is 1. The maximum absolute atomic E-state index is 4.45. The minimum atomic E-state index is 0. The first kappa shape index (κ1) is 13.6. The van der Waals surface area contributed by atoms with E-state index in [1.807, 2.05) is 6.07 Å². The quantitative estimate of drug-likeness (QED) is 0.872. The second-order valence-electron chi connectivity index (χ2n) is 4.53. The largest absolute Gasteiger partial charge is 0.352 e. The van der Waals surface area contributed by atoms with E-state index in [4.69, 9.17) is 0 Å². The van der Waals surface area contributed by atoms with E-state index in [2.05, 4.69) is 55.1 Å². The van der Waals surface area contributed by atoms with E-state index < -0.39 is 0 Å². The summed E-state index contributed by atoms with van der Waals surface area (Å²) in [6.45, 7) is 4.29. The fourth-order valence-electron chi connectivity index (χ4n) is 2.23. The molecule has 0 unspecified atom stereocenters. The highest BCUT2D eigenvalue weighted by molar-refractivity contribution is 9.10. The van der Waals surface area contributed by atoms with Crippen molar-refractivity contribution in [2.45, 2.75) is 0 Å². The Labute approximate surface area is 121 Å². The maximum atomic E-state index is 4.45. The third-order valence-corrected chi connectivity index (χ3v) is 3.80. The van der Waals surface area contributed by atoms with Crippen LogP contribution in [0.3, 0.4) is 0 Å². The average molecular weight is 332 g/mol. The Kier molecular flexibility index (Phi) is 4.14. The van der Waals surface area contributed by atoms with Crippen LogP contribution in [0.4, 0.5) is 5.82 Å². The van der Waals surface area contributed by atoms with Crippen molar-refractivity contribution < 1.29 is 0 Å². The number of nitrogens with zero attached hydrogens (tertiary/aromatic N) is 3. The molecule has 1 fully saturated rings. The normalized spacial score (nSPS) is 16.9. The van der Waals surface area contributed by atoms with Crippen molar-refractivity contribution in [1.82, 2.24) is 15.1 Å². The number of aromatic amines is 1. The van der Waals surface area contributed by atoms with Crippen LogP contribution in [0.1, 0.15) is 0 Å². The predicted octanol–water partition coefficient (Wildman–Crippen LogP) is 2.50. The molecule has 1 aliphatic heterocycles. The fraction of sp³-hybridized carbons (Fsp3) is 0.417. The first-order valence-corrected chi connectivity index (χ1v) is 6.60. The molecule has 1 aromatic heterocycles. The molecule has 1 N–H and O–H groups in total. The first-order chi connectivity index (χ1) is 8.24. The Morgan fingerprint density at radius 3 is 2.67 bits per heavy atom. The van der Waals surface area contributed by atoms with Crippen LogP contribution in [0.15, 0.2) is 22.7 Å². The SMILES string of the molecule is CN1CCN(c2n[nH]c3ccc(Br)cc23)CC1.Cl. The number of hydrogen-bond donors (Lipinski definition) is 1. The van der Waals surface area contributed by atoms with E-state index in [0.717, 1.165) is 42.0 Å². The number of aromatic nitrogens is 2. The number of rotatable bonds is 1.